The Morgan fingerprint density at radius 2 is 2.08 bits per heavy atom. The lowest BCUT2D eigenvalue weighted by molar-refractivity contribution is 0.0562. The lowest BCUT2D eigenvalue weighted by Crippen LogP contribution is -2.53. The second-order valence-corrected chi connectivity index (χ2v) is 4.03. The topological polar surface area (TPSA) is 44.3 Å². The maximum atomic E-state index is 9.09. The van der Waals surface area contributed by atoms with Gasteiger partial charge in [0.1, 0.15) is 0 Å². The van der Waals surface area contributed by atoms with Gasteiger partial charge < -0.3 is 15.7 Å². The van der Waals surface area contributed by atoms with Crippen molar-refractivity contribution in [2.24, 2.45) is 0 Å². The molecule has 3 N–H and O–H groups in total. The molecule has 0 aromatic rings. The molecule has 0 spiro atoms. The van der Waals surface area contributed by atoms with Crippen LogP contribution in [0.15, 0.2) is 0 Å². The zero-order valence-electron chi connectivity index (χ0n) is 7.42. The minimum Gasteiger partial charge on any atom is -0.393 e. The molecule has 1 atom stereocenters. The molecule has 2 fully saturated rings. The van der Waals surface area contributed by atoms with Gasteiger partial charge in [-0.1, -0.05) is 0 Å². The Labute approximate surface area is 73.5 Å². The van der Waals surface area contributed by atoms with Gasteiger partial charge in [0.05, 0.1) is 6.10 Å². The van der Waals surface area contributed by atoms with Crippen LogP contribution >= 0.6 is 0 Å². The van der Waals surface area contributed by atoms with Crippen LogP contribution in [0.1, 0.15) is 25.7 Å². The van der Waals surface area contributed by atoms with Crippen molar-refractivity contribution < 1.29 is 5.11 Å². The number of hydrogen-bond donors (Lipinski definition) is 3. The lowest BCUT2D eigenvalue weighted by Gasteiger charge is -2.36. The highest BCUT2D eigenvalue weighted by Crippen LogP contribution is 2.20. The molecule has 0 amide bonds. The van der Waals surface area contributed by atoms with Gasteiger partial charge in [0.25, 0.3) is 0 Å². The molecule has 2 aliphatic rings. The molecule has 0 aromatic heterocycles. The van der Waals surface area contributed by atoms with Crippen LogP contribution in [-0.2, 0) is 0 Å². The fourth-order valence-corrected chi connectivity index (χ4v) is 2.05. The van der Waals surface area contributed by atoms with E-state index in [4.69, 9.17) is 5.11 Å². The average Bonchev–Trinajstić information content (AvgIpc) is 2.04. The third-order valence-corrected chi connectivity index (χ3v) is 2.88. The van der Waals surface area contributed by atoms with E-state index < -0.39 is 0 Å². The predicted molar refractivity (Wildman–Crippen MR) is 48.1 cm³/mol. The summed E-state index contributed by atoms with van der Waals surface area (Å²) in [7, 11) is 0. The zero-order chi connectivity index (χ0) is 8.39. The molecule has 3 heteroatoms. The lowest BCUT2D eigenvalue weighted by atomic mass is 9.88. The summed E-state index contributed by atoms with van der Waals surface area (Å²) in [6, 6.07) is 1.24. The summed E-state index contributed by atoms with van der Waals surface area (Å²) in [5.74, 6) is 0. The summed E-state index contributed by atoms with van der Waals surface area (Å²) < 4.78 is 0. The Kier molecular flexibility index (Phi) is 2.63. The highest BCUT2D eigenvalue weighted by atomic mass is 16.3. The van der Waals surface area contributed by atoms with Gasteiger partial charge in [-0.2, -0.15) is 0 Å². The van der Waals surface area contributed by atoms with Gasteiger partial charge in [0, 0.05) is 18.6 Å². The van der Waals surface area contributed by atoms with Crippen LogP contribution in [0.25, 0.3) is 0 Å². The van der Waals surface area contributed by atoms with E-state index in [-0.39, 0.29) is 6.10 Å². The summed E-state index contributed by atoms with van der Waals surface area (Å²) in [6.07, 6.45) is 4.46. The van der Waals surface area contributed by atoms with Gasteiger partial charge in [0.15, 0.2) is 0 Å². The molecular formula is C9H18N2O. The molecule has 3 nitrogen and oxygen atoms in total. The van der Waals surface area contributed by atoms with Crippen molar-refractivity contribution in [2.45, 2.75) is 43.9 Å². The molecule has 2 rings (SSSR count). The Hall–Kier alpha value is -0.120. The third kappa shape index (κ3) is 1.97. The van der Waals surface area contributed by atoms with Gasteiger partial charge in [-0.3, -0.25) is 0 Å². The van der Waals surface area contributed by atoms with Crippen LogP contribution in [0, 0.1) is 0 Å². The van der Waals surface area contributed by atoms with E-state index in [1.54, 1.807) is 0 Å². The number of aliphatic hydroxyl groups excluding tert-OH is 1. The number of hydrogen-bond acceptors (Lipinski definition) is 3. The van der Waals surface area contributed by atoms with E-state index in [9.17, 15) is 0 Å². The summed E-state index contributed by atoms with van der Waals surface area (Å²) in [5.41, 5.74) is 0. The maximum Gasteiger partial charge on any atom is 0.0570 e. The molecule has 70 valence electrons. The van der Waals surface area contributed by atoms with Crippen molar-refractivity contribution in [3.8, 4) is 0 Å². The molecule has 1 unspecified atom stereocenters. The molecule has 1 saturated carbocycles. The van der Waals surface area contributed by atoms with E-state index in [0.29, 0.717) is 12.1 Å². The SMILES string of the molecule is OC1CC(NC2CCCNC2)C1. The Balaban J connectivity index is 1.65. The summed E-state index contributed by atoms with van der Waals surface area (Å²) in [4.78, 5) is 0. The number of rotatable bonds is 2. The summed E-state index contributed by atoms with van der Waals surface area (Å²) in [6.45, 7) is 2.28. The smallest absolute Gasteiger partial charge is 0.0570 e. The van der Waals surface area contributed by atoms with Crippen molar-refractivity contribution in [3.05, 3.63) is 0 Å². The van der Waals surface area contributed by atoms with E-state index in [2.05, 4.69) is 10.6 Å². The molecule has 1 saturated heterocycles. The second-order valence-electron chi connectivity index (χ2n) is 4.03. The molecule has 0 radical (unpaired) electrons. The molecule has 0 bridgehead atoms. The van der Waals surface area contributed by atoms with Crippen molar-refractivity contribution in [2.75, 3.05) is 13.1 Å². The zero-order valence-corrected chi connectivity index (χ0v) is 7.42. The van der Waals surface area contributed by atoms with E-state index in [1.165, 1.54) is 19.4 Å². The molecular weight excluding hydrogens is 152 g/mol. The van der Waals surface area contributed by atoms with Crippen LogP contribution in [0.3, 0.4) is 0 Å². The second kappa shape index (κ2) is 3.73. The summed E-state index contributed by atoms with van der Waals surface area (Å²) in [5, 5.41) is 16.0. The van der Waals surface area contributed by atoms with E-state index in [1.807, 2.05) is 0 Å². The van der Waals surface area contributed by atoms with Crippen molar-refractivity contribution in [1.29, 1.82) is 0 Å². The molecule has 1 aliphatic carbocycles. The van der Waals surface area contributed by atoms with Gasteiger partial charge in [0.2, 0.25) is 0 Å². The van der Waals surface area contributed by atoms with Gasteiger partial charge in [-0.05, 0) is 32.2 Å². The first-order valence-corrected chi connectivity index (χ1v) is 4.99. The van der Waals surface area contributed by atoms with Crippen LogP contribution in [-0.4, -0.2) is 36.4 Å². The third-order valence-electron chi connectivity index (χ3n) is 2.88. The normalized spacial score (nSPS) is 42.2. The number of aliphatic hydroxyl groups is 1. The maximum absolute atomic E-state index is 9.09. The Morgan fingerprint density at radius 3 is 2.67 bits per heavy atom. The van der Waals surface area contributed by atoms with E-state index in [0.717, 1.165) is 19.4 Å². The number of nitrogens with one attached hydrogen (secondary N) is 2. The number of piperidine rings is 1. The molecule has 0 aromatic carbocycles. The van der Waals surface area contributed by atoms with Crippen molar-refractivity contribution in [3.63, 3.8) is 0 Å². The van der Waals surface area contributed by atoms with Crippen LogP contribution in [0.4, 0.5) is 0 Å². The Morgan fingerprint density at radius 1 is 1.25 bits per heavy atom. The standard InChI is InChI=1S/C9H18N2O/c12-9-4-8(5-9)11-7-2-1-3-10-6-7/h7-12H,1-6H2. The van der Waals surface area contributed by atoms with Crippen molar-refractivity contribution >= 4 is 0 Å². The minimum atomic E-state index is -0.0287. The van der Waals surface area contributed by atoms with Gasteiger partial charge in [-0.25, -0.2) is 0 Å². The predicted octanol–water partition coefficient (Wildman–Crippen LogP) is -0.149. The monoisotopic (exact) mass is 170 g/mol. The molecule has 1 heterocycles. The van der Waals surface area contributed by atoms with Crippen LogP contribution in [0.5, 0.6) is 0 Å². The van der Waals surface area contributed by atoms with E-state index >= 15 is 0 Å². The quantitative estimate of drug-likeness (QED) is 0.540. The Bertz CT molecular complexity index is 139. The first kappa shape index (κ1) is 8.48. The largest absolute Gasteiger partial charge is 0.393 e. The fourth-order valence-electron chi connectivity index (χ4n) is 2.05. The molecule has 1 aliphatic heterocycles. The van der Waals surface area contributed by atoms with Crippen LogP contribution < -0.4 is 10.6 Å². The van der Waals surface area contributed by atoms with Gasteiger partial charge in [-0.15, -0.1) is 0 Å². The fraction of sp³-hybridized carbons (Fsp3) is 1.00. The highest BCUT2D eigenvalue weighted by molar-refractivity contribution is 4.88. The summed E-state index contributed by atoms with van der Waals surface area (Å²) >= 11 is 0. The van der Waals surface area contributed by atoms with Gasteiger partial charge >= 0.3 is 0 Å². The van der Waals surface area contributed by atoms with Crippen LogP contribution in [0.2, 0.25) is 0 Å². The first-order chi connectivity index (χ1) is 5.84. The molecule has 12 heavy (non-hydrogen) atoms. The first-order valence-electron chi connectivity index (χ1n) is 4.99. The minimum absolute atomic E-state index is 0.0287. The average molecular weight is 170 g/mol. The highest BCUT2D eigenvalue weighted by Gasteiger charge is 2.28. The van der Waals surface area contributed by atoms with Crippen molar-refractivity contribution in [1.82, 2.24) is 10.6 Å².